The molecule has 2 saturated heterocycles. The number of amides is 1. The second-order valence-corrected chi connectivity index (χ2v) is 6.62. The minimum absolute atomic E-state index is 0.0506. The minimum Gasteiger partial charge on any atom is -0.494 e. The van der Waals surface area contributed by atoms with Crippen LogP contribution < -0.4 is 10.1 Å². The lowest BCUT2D eigenvalue weighted by Crippen LogP contribution is -2.44. The van der Waals surface area contributed by atoms with E-state index >= 15 is 0 Å². The molecule has 1 atom stereocenters. The molecule has 7 heteroatoms. The van der Waals surface area contributed by atoms with Crippen LogP contribution in [0.15, 0.2) is 18.2 Å². The van der Waals surface area contributed by atoms with Crippen LogP contribution in [0.1, 0.15) is 29.6 Å². The van der Waals surface area contributed by atoms with Crippen LogP contribution in [0, 0.1) is 11.2 Å². The quantitative estimate of drug-likeness (QED) is 0.875. The summed E-state index contributed by atoms with van der Waals surface area (Å²) in [5, 5.41) is 12.2. The summed E-state index contributed by atoms with van der Waals surface area (Å²) in [4.78, 5) is 25.3. The van der Waals surface area contributed by atoms with E-state index in [-0.39, 0.29) is 17.1 Å². The Hall–Kier alpha value is -2.15. The molecule has 3 rings (SSSR count). The summed E-state index contributed by atoms with van der Waals surface area (Å²) in [6.45, 7) is 1.78. The summed E-state index contributed by atoms with van der Waals surface area (Å²) in [6, 6.07) is 3.71. The van der Waals surface area contributed by atoms with Crippen LogP contribution in [0.3, 0.4) is 0 Å². The van der Waals surface area contributed by atoms with Crippen molar-refractivity contribution in [2.75, 3.05) is 26.7 Å². The number of nitrogens with one attached hydrogen (secondary N) is 1. The fraction of sp³-hybridized carbons (Fsp3) is 0.529. The highest BCUT2D eigenvalue weighted by atomic mass is 19.1. The number of methoxy groups -OCH3 is 1. The highest BCUT2D eigenvalue weighted by Crippen LogP contribution is 2.39. The lowest BCUT2D eigenvalue weighted by atomic mass is 9.76. The van der Waals surface area contributed by atoms with Gasteiger partial charge in [-0.2, -0.15) is 0 Å². The molecular weight excluding hydrogens is 315 g/mol. The van der Waals surface area contributed by atoms with Gasteiger partial charge in [0.1, 0.15) is 6.04 Å². The molecule has 2 heterocycles. The van der Waals surface area contributed by atoms with Crippen molar-refractivity contribution in [1.29, 1.82) is 0 Å². The Morgan fingerprint density at radius 3 is 2.62 bits per heavy atom. The van der Waals surface area contributed by atoms with Crippen molar-refractivity contribution in [3.8, 4) is 5.75 Å². The van der Waals surface area contributed by atoms with Crippen LogP contribution in [0.4, 0.5) is 4.39 Å². The Labute approximate surface area is 139 Å². The third kappa shape index (κ3) is 3.08. The van der Waals surface area contributed by atoms with E-state index in [1.54, 1.807) is 11.0 Å². The number of hydrogen-bond donors (Lipinski definition) is 2. The van der Waals surface area contributed by atoms with Crippen molar-refractivity contribution in [2.24, 2.45) is 5.41 Å². The molecule has 1 unspecified atom stereocenters. The van der Waals surface area contributed by atoms with Crippen LogP contribution >= 0.6 is 0 Å². The van der Waals surface area contributed by atoms with Gasteiger partial charge in [-0.15, -0.1) is 0 Å². The molecule has 0 aliphatic carbocycles. The molecule has 1 amide bonds. The van der Waals surface area contributed by atoms with Crippen molar-refractivity contribution in [1.82, 2.24) is 10.2 Å². The molecule has 0 saturated carbocycles. The first kappa shape index (κ1) is 16.7. The number of halogens is 1. The first-order valence-corrected chi connectivity index (χ1v) is 8.03. The molecule has 2 fully saturated rings. The Bertz CT molecular complexity index is 656. The summed E-state index contributed by atoms with van der Waals surface area (Å²) in [5.74, 6) is -1.46. The molecule has 2 aliphatic rings. The predicted molar refractivity (Wildman–Crippen MR) is 84.6 cm³/mol. The molecule has 130 valence electrons. The van der Waals surface area contributed by atoms with Gasteiger partial charge in [0.05, 0.1) is 7.11 Å². The number of carbonyl (C=O) groups excluding carboxylic acids is 1. The van der Waals surface area contributed by atoms with Gasteiger partial charge in [0, 0.05) is 25.2 Å². The molecule has 24 heavy (non-hydrogen) atoms. The molecule has 0 radical (unpaired) electrons. The summed E-state index contributed by atoms with van der Waals surface area (Å²) >= 11 is 0. The monoisotopic (exact) mass is 336 g/mol. The number of carbonyl (C=O) groups is 2. The molecular formula is C17H21FN2O4. The molecule has 2 N–H and O–H groups in total. The second-order valence-electron chi connectivity index (χ2n) is 6.62. The lowest BCUT2D eigenvalue weighted by Gasteiger charge is -2.39. The van der Waals surface area contributed by atoms with E-state index in [0.29, 0.717) is 31.6 Å². The zero-order valence-electron chi connectivity index (χ0n) is 13.5. The van der Waals surface area contributed by atoms with Gasteiger partial charge in [0.25, 0.3) is 5.91 Å². The lowest BCUT2D eigenvalue weighted by molar-refractivity contribution is -0.139. The highest BCUT2D eigenvalue weighted by Gasteiger charge is 2.44. The van der Waals surface area contributed by atoms with Gasteiger partial charge < -0.3 is 20.1 Å². The van der Waals surface area contributed by atoms with Crippen LogP contribution in [-0.4, -0.2) is 54.7 Å². The minimum atomic E-state index is -0.820. The smallest absolute Gasteiger partial charge is 0.320 e. The van der Waals surface area contributed by atoms with Gasteiger partial charge in [-0.05, 0) is 42.9 Å². The number of rotatable bonds is 3. The standard InChI is InChI=1S/C17H21FN2O4/c1-24-14-3-2-11(8-12(14)18)15(21)20-6-4-17(5-7-20)9-13(16(22)23)19-10-17/h2-3,8,13,19H,4-7,9-10H2,1H3,(H,22,23). The van der Waals surface area contributed by atoms with Crippen molar-refractivity contribution in [3.63, 3.8) is 0 Å². The van der Waals surface area contributed by atoms with E-state index < -0.39 is 17.8 Å². The third-order valence-electron chi connectivity index (χ3n) is 5.17. The van der Waals surface area contributed by atoms with E-state index in [1.165, 1.54) is 19.2 Å². The summed E-state index contributed by atoms with van der Waals surface area (Å²) in [5.41, 5.74) is 0.252. The maximum Gasteiger partial charge on any atom is 0.320 e. The van der Waals surface area contributed by atoms with E-state index in [4.69, 9.17) is 9.84 Å². The molecule has 0 aromatic heterocycles. The van der Waals surface area contributed by atoms with Gasteiger partial charge >= 0.3 is 5.97 Å². The first-order chi connectivity index (χ1) is 11.4. The summed E-state index contributed by atoms with van der Waals surface area (Å²) in [7, 11) is 1.38. The Morgan fingerprint density at radius 1 is 1.38 bits per heavy atom. The second kappa shape index (κ2) is 6.39. The van der Waals surface area contributed by atoms with Gasteiger partial charge in [0.15, 0.2) is 11.6 Å². The van der Waals surface area contributed by atoms with Crippen LogP contribution in [0.5, 0.6) is 5.75 Å². The van der Waals surface area contributed by atoms with E-state index in [0.717, 1.165) is 12.8 Å². The number of carboxylic acids is 1. The molecule has 0 bridgehead atoms. The number of likely N-dealkylation sites (tertiary alicyclic amines) is 1. The number of carboxylic acid groups (broad SMARTS) is 1. The number of piperidine rings is 1. The molecule has 1 aromatic carbocycles. The van der Waals surface area contributed by atoms with Crippen LogP contribution in [0.25, 0.3) is 0 Å². The average molecular weight is 336 g/mol. The maximum absolute atomic E-state index is 13.8. The first-order valence-electron chi connectivity index (χ1n) is 8.03. The number of ether oxygens (including phenoxy) is 1. The highest BCUT2D eigenvalue weighted by molar-refractivity contribution is 5.94. The van der Waals surface area contributed by atoms with Gasteiger partial charge in [-0.1, -0.05) is 0 Å². The Balaban J connectivity index is 1.63. The Kier molecular flexibility index (Phi) is 4.45. The van der Waals surface area contributed by atoms with Gasteiger partial charge in [-0.25, -0.2) is 4.39 Å². The van der Waals surface area contributed by atoms with Crippen molar-refractivity contribution < 1.29 is 23.8 Å². The summed E-state index contributed by atoms with van der Waals surface area (Å²) in [6.07, 6.45) is 2.11. The molecule has 2 aliphatic heterocycles. The van der Waals surface area contributed by atoms with Gasteiger partial charge in [-0.3, -0.25) is 9.59 Å². The van der Waals surface area contributed by atoms with Crippen LogP contribution in [-0.2, 0) is 4.79 Å². The molecule has 1 aromatic rings. The fourth-order valence-electron chi connectivity index (χ4n) is 3.64. The number of aliphatic carboxylic acids is 1. The topological polar surface area (TPSA) is 78.9 Å². The van der Waals surface area contributed by atoms with Crippen molar-refractivity contribution >= 4 is 11.9 Å². The molecule has 6 nitrogen and oxygen atoms in total. The number of hydrogen-bond acceptors (Lipinski definition) is 4. The Morgan fingerprint density at radius 2 is 2.08 bits per heavy atom. The SMILES string of the molecule is COc1ccc(C(=O)N2CCC3(CC2)CNC(C(=O)O)C3)cc1F. The van der Waals surface area contributed by atoms with Gasteiger partial charge in [0.2, 0.25) is 0 Å². The zero-order chi connectivity index (χ0) is 17.3. The average Bonchev–Trinajstić information content (AvgIpc) is 2.99. The van der Waals surface area contributed by atoms with Crippen LogP contribution in [0.2, 0.25) is 0 Å². The predicted octanol–water partition coefficient (Wildman–Crippen LogP) is 1.50. The normalized spacial score (nSPS) is 22.6. The number of benzene rings is 1. The summed E-state index contributed by atoms with van der Waals surface area (Å²) < 4.78 is 18.6. The van der Waals surface area contributed by atoms with Crippen molar-refractivity contribution in [2.45, 2.75) is 25.3 Å². The molecule has 1 spiro atoms. The van der Waals surface area contributed by atoms with E-state index in [2.05, 4.69) is 5.32 Å². The number of nitrogens with zero attached hydrogens (tertiary/aromatic N) is 1. The largest absolute Gasteiger partial charge is 0.494 e. The third-order valence-corrected chi connectivity index (χ3v) is 5.17. The fourth-order valence-corrected chi connectivity index (χ4v) is 3.64. The van der Waals surface area contributed by atoms with E-state index in [9.17, 15) is 14.0 Å². The van der Waals surface area contributed by atoms with Crippen molar-refractivity contribution in [3.05, 3.63) is 29.6 Å². The van der Waals surface area contributed by atoms with E-state index in [1.807, 2.05) is 0 Å². The zero-order valence-corrected chi connectivity index (χ0v) is 13.5. The maximum atomic E-state index is 13.8.